The zero-order chi connectivity index (χ0) is 12.6. The Morgan fingerprint density at radius 3 is 2.06 bits per heavy atom. The van der Waals surface area contributed by atoms with Gasteiger partial charge in [-0.2, -0.15) is 0 Å². The summed E-state index contributed by atoms with van der Waals surface area (Å²) in [5, 5.41) is 3.67. The molecule has 0 saturated heterocycles. The first-order chi connectivity index (χ1) is 7.56. The van der Waals surface area contributed by atoms with E-state index in [9.17, 15) is 0 Å². The molecule has 0 saturated carbocycles. The maximum Gasteiger partial charge on any atom is 0.0218 e. The number of nitrogens with one attached hydrogen (secondary N) is 1. The third kappa shape index (κ3) is 5.86. The molecule has 2 heteroatoms. The summed E-state index contributed by atoms with van der Waals surface area (Å²) < 4.78 is 0. The van der Waals surface area contributed by atoms with E-state index < -0.39 is 0 Å². The molecule has 0 amide bonds. The predicted molar refractivity (Wildman–Crippen MR) is 73.9 cm³/mol. The van der Waals surface area contributed by atoms with Gasteiger partial charge in [0.25, 0.3) is 0 Å². The highest BCUT2D eigenvalue weighted by Crippen LogP contribution is 2.09. The summed E-state index contributed by atoms with van der Waals surface area (Å²) in [4.78, 5) is 2.59. The maximum absolute atomic E-state index is 3.67. The minimum atomic E-state index is 0.633. The number of likely N-dealkylation sites (N-methyl/N-ethyl adjacent to an activating group) is 1. The zero-order valence-electron chi connectivity index (χ0n) is 12.2. The van der Waals surface area contributed by atoms with Gasteiger partial charge in [-0.1, -0.05) is 34.6 Å². The molecule has 0 fully saturated rings. The third-order valence-electron chi connectivity index (χ3n) is 3.51. The van der Waals surface area contributed by atoms with Crippen molar-refractivity contribution >= 4 is 0 Å². The van der Waals surface area contributed by atoms with Crippen molar-refractivity contribution < 1.29 is 0 Å². The molecule has 2 atom stereocenters. The molecule has 0 heterocycles. The molecule has 0 rings (SSSR count). The minimum absolute atomic E-state index is 0.633. The van der Waals surface area contributed by atoms with Crippen LogP contribution in [-0.4, -0.2) is 36.6 Å². The molecule has 2 nitrogen and oxygen atoms in total. The van der Waals surface area contributed by atoms with Gasteiger partial charge < -0.3 is 5.32 Å². The van der Waals surface area contributed by atoms with Gasteiger partial charge in [-0.25, -0.2) is 0 Å². The van der Waals surface area contributed by atoms with Gasteiger partial charge in [-0.3, -0.25) is 4.90 Å². The smallest absolute Gasteiger partial charge is 0.0218 e. The Labute approximate surface area is 103 Å². The van der Waals surface area contributed by atoms with E-state index in [-0.39, 0.29) is 0 Å². The lowest BCUT2D eigenvalue weighted by molar-refractivity contribution is 0.174. The first-order valence-corrected chi connectivity index (χ1v) is 7.04. The van der Waals surface area contributed by atoms with Crippen molar-refractivity contribution in [1.29, 1.82) is 0 Å². The van der Waals surface area contributed by atoms with Crippen molar-refractivity contribution in [3.63, 3.8) is 0 Å². The maximum atomic E-state index is 3.67. The van der Waals surface area contributed by atoms with Gasteiger partial charge in [-0.15, -0.1) is 0 Å². The van der Waals surface area contributed by atoms with E-state index in [1.54, 1.807) is 0 Å². The van der Waals surface area contributed by atoms with E-state index in [1.807, 2.05) is 0 Å². The minimum Gasteiger partial charge on any atom is -0.312 e. The van der Waals surface area contributed by atoms with Crippen molar-refractivity contribution in [2.75, 3.05) is 19.6 Å². The van der Waals surface area contributed by atoms with Gasteiger partial charge in [0.1, 0.15) is 0 Å². The molecule has 0 aromatic rings. The Morgan fingerprint density at radius 1 is 1.06 bits per heavy atom. The Kier molecular flexibility index (Phi) is 8.96. The molecule has 0 aromatic heterocycles. The van der Waals surface area contributed by atoms with Crippen LogP contribution in [0, 0.1) is 5.92 Å². The van der Waals surface area contributed by atoms with Crippen molar-refractivity contribution in [1.82, 2.24) is 10.2 Å². The van der Waals surface area contributed by atoms with Crippen LogP contribution in [0.5, 0.6) is 0 Å². The average molecular weight is 228 g/mol. The summed E-state index contributed by atoms with van der Waals surface area (Å²) in [5.74, 6) is 0.713. The molecule has 0 aliphatic heterocycles. The highest BCUT2D eigenvalue weighted by Gasteiger charge is 2.18. The fourth-order valence-electron chi connectivity index (χ4n) is 1.97. The summed E-state index contributed by atoms with van der Waals surface area (Å²) >= 11 is 0. The number of hydrogen-bond acceptors (Lipinski definition) is 2. The lowest BCUT2D eigenvalue weighted by Gasteiger charge is -2.33. The SMILES string of the molecule is CCCNC(CN(CC)C(C)CC)C(C)C. The molecule has 16 heavy (non-hydrogen) atoms. The predicted octanol–water partition coefficient (Wildman–Crippen LogP) is 3.13. The van der Waals surface area contributed by atoms with E-state index in [4.69, 9.17) is 0 Å². The van der Waals surface area contributed by atoms with Gasteiger partial charge in [0.05, 0.1) is 0 Å². The largest absolute Gasteiger partial charge is 0.312 e. The van der Waals surface area contributed by atoms with E-state index in [0.29, 0.717) is 18.0 Å². The molecule has 2 unspecified atom stereocenters. The summed E-state index contributed by atoms with van der Waals surface area (Å²) in [5.41, 5.74) is 0. The van der Waals surface area contributed by atoms with Gasteiger partial charge in [0.15, 0.2) is 0 Å². The highest BCUT2D eigenvalue weighted by molar-refractivity contribution is 4.77. The quantitative estimate of drug-likeness (QED) is 0.652. The highest BCUT2D eigenvalue weighted by atomic mass is 15.2. The van der Waals surface area contributed by atoms with E-state index in [0.717, 1.165) is 13.1 Å². The van der Waals surface area contributed by atoms with Crippen molar-refractivity contribution in [3.8, 4) is 0 Å². The Balaban J connectivity index is 4.22. The lowest BCUT2D eigenvalue weighted by Crippen LogP contribution is -2.47. The van der Waals surface area contributed by atoms with Crippen molar-refractivity contribution in [2.45, 2.75) is 66.5 Å². The normalized spacial score (nSPS) is 15.8. The molecule has 0 radical (unpaired) electrons. The first-order valence-electron chi connectivity index (χ1n) is 7.04. The van der Waals surface area contributed by atoms with Gasteiger partial charge in [-0.05, 0) is 38.8 Å². The topological polar surface area (TPSA) is 15.3 Å². The van der Waals surface area contributed by atoms with Gasteiger partial charge in [0, 0.05) is 18.6 Å². The first kappa shape index (κ1) is 15.9. The zero-order valence-corrected chi connectivity index (χ0v) is 12.2. The molecule has 0 spiro atoms. The Morgan fingerprint density at radius 2 is 1.69 bits per heavy atom. The Hall–Kier alpha value is -0.0800. The second-order valence-electron chi connectivity index (χ2n) is 5.15. The number of hydrogen-bond donors (Lipinski definition) is 1. The van der Waals surface area contributed by atoms with Crippen molar-refractivity contribution in [2.24, 2.45) is 5.92 Å². The van der Waals surface area contributed by atoms with Gasteiger partial charge in [0.2, 0.25) is 0 Å². The second kappa shape index (κ2) is 9.00. The molecular formula is C14H32N2. The van der Waals surface area contributed by atoms with Crippen LogP contribution >= 0.6 is 0 Å². The summed E-state index contributed by atoms with van der Waals surface area (Å²) in [6, 6.07) is 1.34. The molecular weight excluding hydrogens is 196 g/mol. The van der Waals surface area contributed by atoms with Crippen LogP contribution in [0.1, 0.15) is 54.4 Å². The van der Waals surface area contributed by atoms with Crippen LogP contribution in [0.2, 0.25) is 0 Å². The molecule has 0 aromatic carbocycles. The summed E-state index contributed by atoms with van der Waals surface area (Å²) in [6.07, 6.45) is 2.46. The van der Waals surface area contributed by atoms with E-state index in [2.05, 4.69) is 51.8 Å². The lowest BCUT2D eigenvalue weighted by atomic mass is 10.0. The van der Waals surface area contributed by atoms with Gasteiger partial charge >= 0.3 is 0 Å². The molecule has 0 aliphatic rings. The molecule has 1 N–H and O–H groups in total. The average Bonchev–Trinajstić information content (AvgIpc) is 2.28. The van der Waals surface area contributed by atoms with Crippen molar-refractivity contribution in [3.05, 3.63) is 0 Å². The second-order valence-corrected chi connectivity index (χ2v) is 5.15. The van der Waals surface area contributed by atoms with Crippen LogP contribution in [0.25, 0.3) is 0 Å². The van der Waals surface area contributed by atoms with Crippen LogP contribution in [-0.2, 0) is 0 Å². The van der Waals surface area contributed by atoms with Crippen LogP contribution in [0.15, 0.2) is 0 Å². The van der Waals surface area contributed by atoms with E-state index >= 15 is 0 Å². The summed E-state index contributed by atoms with van der Waals surface area (Å²) in [7, 11) is 0. The number of nitrogens with zero attached hydrogens (tertiary/aromatic N) is 1. The van der Waals surface area contributed by atoms with Crippen LogP contribution < -0.4 is 5.32 Å². The third-order valence-corrected chi connectivity index (χ3v) is 3.51. The molecule has 98 valence electrons. The Bertz CT molecular complexity index is 157. The molecule has 0 aliphatic carbocycles. The fraction of sp³-hybridized carbons (Fsp3) is 1.00. The fourth-order valence-corrected chi connectivity index (χ4v) is 1.97. The van der Waals surface area contributed by atoms with Crippen LogP contribution in [0.4, 0.5) is 0 Å². The standard InChI is InChI=1S/C14H32N2/c1-7-10-15-14(12(4)5)11-16(9-3)13(6)8-2/h12-15H,7-11H2,1-6H3. The monoisotopic (exact) mass is 228 g/mol. The summed E-state index contributed by atoms with van der Waals surface area (Å²) in [6.45, 7) is 17.2. The number of rotatable bonds is 9. The molecule has 0 bridgehead atoms. The van der Waals surface area contributed by atoms with Crippen LogP contribution in [0.3, 0.4) is 0 Å². The van der Waals surface area contributed by atoms with E-state index in [1.165, 1.54) is 19.4 Å².